The van der Waals surface area contributed by atoms with Gasteiger partial charge in [-0.05, 0) is 29.3 Å². The lowest BCUT2D eigenvalue weighted by molar-refractivity contribution is -0.151. The summed E-state index contributed by atoms with van der Waals surface area (Å²) in [6, 6.07) is 15.5. The summed E-state index contributed by atoms with van der Waals surface area (Å²) in [6.45, 7) is 2.15. The number of benzene rings is 2. The van der Waals surface area contributed by atoms with E-state index in [9.17, 15) is 4.79 Å². The number of aromatic nitrogens is 2. The van der Waals surface area contributed by atoms with E-state index in [0.29, 0.717) is 35.2 Å². The molecule has 1 aliphatic rings. The molecule has 0 atom stereocenters. The van der Waals surface area contributed by atoms with Crippen LogP contribution < -0.4 is 5.73 Å². The molecule has 5 rings (SSSR count). The fourth-order valence-corrected chi connectivity index (χ4v) is 5.04. The summed E-state index contributed by atoms with van der Waals surface area (Å²) in [5.41, 5.74) is 11.9. The van der Waals surface area contributed by atoms with Gasteiger partial charge in [0, 0.05) is 55.0 Å². The van der Waals surface area contributed by atoms with Gasteiger partial charge < -0.3 is 10.5 Å². The number of esters is 1. The number of ether oxygens (including phenoxy) is 1. The topological polar surface area (TPSA) is 81.3 Å². The van der Waals surface area contributed by atoms with Gasteiger partial charge in [0.1, 0.15) is 0 Å². The first-order chi connectivity index (χ1) is 16.9. The van der Waals surface area contributed by atoms with Gasteiger partial charge in [-0.3, -0.25) is 19.7 Å². The van der Waals surface area contributed by atoms with Crippen molar-refractivity contribution in [2.45, 2.75) is 13.0 Å². The van der Waals surface area contributed by atoms with Gasteiger partial charge in [0.25, 0.3) is 0 Å². The Balaban J connectivity index is 1.38. The largest absolute Gasteiger partial charge is 0.469 e. The molecule has 0 radical (unpaired) electrons. The number of nitrogens with zero attached hydrogens (tertiary/aromatic N) is 3. The highest BCUT2D eigenvalue weighted by atomic mass is 35.5. The van der Waals surface area contributed by atoms with Gasteiger partial charge in [-0.15, -0.1) is 0 Å². The SMILES string of the molecule is COC(=O)C1CN(Cc2cnc3c(Cc4cccc(-c5cccc(N)c5Cl)c4Cl)nccc3c2)C1. The van der Waals surface area contributed by atoms with Gasteiger partial charge in [-0.25, -0.2) is 0 Å². The van der Waals surface area contributed by atoms with Crippen LogP contribution >= 0.6 is 23.2 Å². The van der Waals surface area contributed by atoms with Crippen LogP contribution in [0.1, 0.15) is 16.8 Å². The number of fused-ring (bicyclic) bond motifs is 1. The van der Waals surface area contributed by atoms with Crippen LogP contribution in [-0.4, -0.2) is 41.0 Å². The highest BCUT2D eigenvalue weighted by Gasteiger charge is 2.33. The molecule has 0 saturated carbocycles. The van der Waals surface area contributed by atoms with Crippen molar-refractivity contribution in [3.05, 3.63) is 87.8 Å². The highest BCUT2D eigenvalue weighted by Crippen LogP contribution is 2.38. The summed E-state index contributed by atoms with van der Waals surface area (Å²) in [5.74, 6) is -0.179. The van der Waals surface area contributed by atoms with Crippen LogP contribution in [0.2, 0.25) is 10.0 Å². The molecule has 1 fully saturated rings. The predicted octanol–water partition coefficient (Wildman–Crippen LogP) is 5.38. The summed E-state index contributed by atoms with van der Waals surface area (Å²) in [7, 11) is 1.43. The minimum absolute atomic E-state index is 0.0352. The van der Waals surface area contributed by atoms with Crippen molar-refractivity contribution in [2.24, 2.45) is 5.92 Å². The molecule has 0 unspecified atom stereocenters. The first-order valence-electron chi connectivity index (χ1n) is 11.3. The molecule has 0 spiro atoms. The summed E-state index contributed by atoms with van der Waals surface area (Å²) >= 11 is 13.3. The van der Waals surface area contributed by atoms with Crippen LogP contribution in [-0.2, 0) is 22.5 Å². The number of carbonyl (C=O) groups is 1. The second-order valence-corrected chi connectivity index (χ2v) is 9.51. The zero-order valence-corrected chi connectivity index (χ0v) is 20.7. The molecule has 4 aromatic rings. The van der Waals surface area contributed by atoms with E-state index in [-0.39, 0.29) is 11.9 Å². The third-order valence-corrected chi connectivity index (χ3v) is 7.25. The lowest BCUT2D eigenvalue weighted by atomic mass is 9.98. The van der Waals surface area contributed by atoms with Gasteiger partial charge in [-0.1, -0.05) is 53.5 Å². The zero-order valence-electron chi connectivity index (χ0n) is 19.2. The molecule has 2 aromatic carbocycles. The Morgan fingerprint density at radius 2 is 1.83 bits per heavy atom. The maximum Gasteiger partial charge on any atom is 0.311 e. The zero-order chi connectivity index (χ0) is 24.5. The average Bonchev–Trinajstić information content (AvgIpc) is 2.84. The van der Waals surface area contributed by atoms with Crippen LogP contribution in [0, 0.1) is 5.92 Å². The monoisotopic (exact) mass is 506 g/mol. The van der Waals surface area contributed by atoms with Gasteiger partial charge in [0.15, 0.2) is 0 Å². The molecular formula is C27H24Cl2N4O2. The second kappa shape index (κ2) is 9.82. The number of anilines is 1. The number of pyridine rings is 2. The van der Waals surface area contributed by atoms with E-state index in [2.05, 4.69) is 16.0 Å². The van der Waals surface area contributed by atoms with Gasteiger partial charge in [0.2, 0.25) is 0 Å². The van der Waals surface area contributed by atoms with Crippen LogP contribution in [0.25, 0.3) is 22.0 Å². The number of hydrogen-bond acceptors (Lipinski definition) is 6. The van der Waals surface area contributed by atoms with Crippen LogP contribution in [0.4, 0.5) is 5.69 Å². The van der Waals surface area contributed by atoms with Crippen molar-refractivity contribution < 1.29 is 9.53 Å². The number of carbonyl (C=O) groups excluding carboxylic acids is 1. The van der Waals surface area contributed by atoms with Crippen molar-refractivity contribution in [1.82, 2.24) is 14.9 Å². The van der Waals surface area contributed by atoms with Crippen molar-refractivity contribution >= 4 is 45.8 Å². The fourth-order valence-electron chi connectivity index (χ4n) is 4.52. The number of likely N-dealkylation sites (tertiary alicyclic amines) is 1. The van der Waals surface area contributed by atoms with Crippen molar-refractivity contribution in [1.29, 1.82) is 0 Å². The fraction of sp³-hybridized carbons (Fsp3) is 0.222. The van der Waals surface area contributed by atoms with Gasteiger partial charge in [0.05, 0.1) is 40.0 Å². The molecule has 1 saturated heterocycles. The molecule has 8 heteroatoms. The van der Waals surface area contributed by atoms with Crippen molar-refractivity contribution in [2.75, 3.05) is 25.9 Å². The number of nitrogen functional groups attached to an aromatic ring is 1. The van der Waals surface area contributed by atoms with E-state index in [4.69, 9.17) is 38.7 Å². The van der Waals surface area contributed by atoms with E-state index < -0.39 is 0 Å². The van der Waals surface area contributed by atoms with Crippen LogP contribution in [0.15, 0.2) is 60.9 Å². The molecule has 0 aliphatic carbocycles. The molecule has 0 amide bonds. The third kappa shape index (κ3) is 4.69. The lowest BCUT2D eigenvalue weighted by Crippen LogP contribution is -2.49. The number of rotatable bonds is 6. The third-order valence-electron chi connectivity index (χ3n) is 6.38. The van der Waals surface area contributed by atoms with Crippen molar-refractivity contribution in [3.8, 4) is 11.1 Å². The van der Waals surface area contributed by atoms with Gasteiger partial charge in [-0.2, -0.15) is 0 Å². The van der Waals surface area contributed by atoms with E-state index in [1.54, 1.807) is 12.3 Å². The molecule has 2 N–H and O–H groups in total. The molecule has 3 heterocycles. The van der Waals surface area contributed by atoms with Crippen LogP contribution in [0.3, 0.4) is 0 Å². The normalized spacial score (nSPS) is 14.1. The molecule has 1 aliphatic heterocycles. The Morgan fingerprint density at radius 1 is 1.09 bits per heavy atom. The van der Waals surface area contributed by atoms with E-state index in [1.807, 2.05) is 42.6 Å². The quantitative estimate of drug-likeness (QED) is 0.279. The summed E-state index contributed by atoms with van der Waals surface area (Å²) < 4.78 is 4.82. The van der Waals surface area contributed by atoms with E-state index >= 15 is 0 Å². The molecule has 178 valence electrons. The second-order valence-electron chi connectivity index (χ2n) is 8.75. The summed E-state index contributed by atoms with van der Waals surface area (Å²) in [4.78, 5) is 23.2. The molecule has 6 nitrogen and oxygen atoms in total. The maximum absolute atomic E-state index is 11.6. The molecule has 35 heavy (non-hydrogen) atoms. The van der Waals surface area contributed by atoms with E-state index in [0.717, 1.165) is 45.4 Å². The van der Waals surface area contributed by atoms with Crippen LogP contribution in [0.5, 0.6) is 0 Å². The van der Waals surface area contributed by atoms with E-state index in [1.165, 1.54) is 7.11 Å². The number of nitrogens with two attached hydrogens (primary N) is 1. The Labute approximate surface area is 213 Å². The number of hydrogen-bond donors (Lipinski definition) is 1. The van der Waals surface area contributed by atoms with Gasteiger partial charge >= 0.3 is 5.97 Å². The standard InChI is InChI=1S/C27H24Cl2N4O2/c1-35-27(34)19-14-33(15-19)13-16-10-18-8-9-31-23(26(18)32-12-16)11-17-4-2-5-20(24(17)28)21-6-3-7-22(30)25(21)29/h2-10,12,19H,11,13-15,30H2,1H3. The molecule has 2 aromatic heterocycles. The number of methoxy groups -OCH3 is 1. The smallest absolute Gasteiger partial charge is 0.311 e. The van der Waals surface area contributed by atoms with Crippen molar-refractivity contribution in [3.63, 3.8) is 0 Å². The highest BCUT2D eigenvalue weighted by molar-refractivity contribution is 6.38. The Bertz CT molecular complexity index is 1420. The molecule has 0 bridgehead atoms. The summed E-state index contributed by atoms with van der Waals surface area (Å²) in [6.07, 6.45) is 4.21. The lowest BCUT2D eigenvalue weighted by Gasteiger charge is -2.37. The minimum atomic E-state index is -0.144. The Hall–Kier alpha value is -3.19. The Kier molecular flexibility index (Phi) is 6.60. The Morgan fingerprint density at radius 3 is 2.60 bits per heavy atom. The maximum atomic E-state index is 11.6. The first-order valence-corrected chi connectivity index (χ1v) is 12.0. The summed E-state index contributed by atoms with van der Waals surface area (Å²) in [5, 5.41) is 2.13. The predicted molar refractivity (Wildman–Crippen MR) is 139 cm³/mol. The first kappa shape index (κ1) is 23.5. The average molecular weight is 507 g/mol. The number of halogens is 2. The molecular weight excluding hydrogens is 483 g/mol. The minimum Gasteiger partial charge on any atom is -0.469 e.